The third kappa shape index (κ3) is 34.1. The Hall–Kier alpha value is -2.77. The number of carbonyl (C=O) groups excluding carboxylic acids is 1. The summed E-state index contributed by atoms with van der Waals surface area (Å²) in [6.07, 6.45) is 39.0. The summed E-state index contributed by atoms with van der Waals surface area (Å²) in [5, 5.41) is 120. The molecule has 19 nitrogen and oxygen atoms in total. The lowest BCUT2D eigenvalue weighted by molar-refractivity contribution is -0.379. The van der Waals surface area contributed by atoms with Gasteiger partial charge in [-0.3, -0.25) is 4.79 Å². The first-order chi connectivity index (χ1) is 43.8. The standard InChI is InChI=1S/C71H125NO18/c1-3-5-7-9-11-13-15-17-19-20-21-22-23-24-25-26-27-28-29-30-31-32-33-35-36-38-40-42-44-46-48-55(76)54(72-59(77)49-47-45-43-41-39-37-34-18-16-14-12-10-8-6-4-2)53-85-69-65(83)62(80)67(57(51-74)87-69)90-71-66(84)63(81)68(58(52-75)88-71)89-70-64(82)61(79)60(78)56(50-73)86-70/h6,8,12,14,18,32-34,38,40,46,48,54-58,60-71,73-76,78-84H,3-5,7,9-11,13,15-17,19-31,35-37,39,41-45,47,49-53H2,1-2H3,(H,72,77)/b8-6-,14-12-,33-32+,34-18-,40-38+,48-46+. The number of allylic oxidation sites excluding steroid dienone is 11. The fraction of sp³-hybridized carbons (Fsp3) is 0.817. The molecule has 3 aliphatic rings. The van der Waals surface area contributed by atoms with Crippen LogP contribution in [0.4, 0.5) is 0 Å². The second-order valence-corrected chi connectivity index (χ2v) is 24.9. The molecule has 3 heterocycles. The number of amides is 1. The minimum Gasteiger partial charge on any atom is -0.394 e. The number of unbranched alkanes of at least 4 members (excludes halogenated alkanes) is 27. The zero-order chi connectivity index (χ0) is 65.4. The summed E-state index contributed by atoms with van der Waals surface area (Å²) in [5.74, 6) is -0.308. The van der Waals surface area contributed by atoms with Gasteiger partial charge in [0, 0.05) is 6.42 Å². The smallest absolute Gasteiger partial charge is 0.220 e. The monoisotopic (exact) mass is 1280 g/mol. The highest BCUT2D eigenvalue weighted by Crippen LogP contribution is 2.33. The number of ether oxygens (including phenoxy) is 6. The van der Waals surface area contributed by atoms with Crippen molar-refractivity contribution in [2.75, 3.05) is 26.4 Å². The van der Waals surface area contributed by atoms with Gasteiger partial charge in [0.25, 0.3) is 0 Å². The number of hydrogen-bond donors (Lipinski definition) is 12. The molecule has 0 aromatic heterocycles. The highest BCUT2D eigenvalue weighted by atomic mass is 16.8. The van der Waals surface area contributed by atoms with Crippen LogP contribution in [-0.2, 0) is 33.2 Å². The van der Waals surface area contributed by atoms with Crippen molar-refractivity contribution in [3.8, 4) is 0 Å². The summed E-state index contributed by atoms with van der Waals surface area (Å²) in [6, 6.07) is -1.01. The molecule has 0 radical (unpaired) electrons. The highest BCUT2D eigenvalue weighted by molar-refractivity contribution is 5.76. The Balaban J connectivity index is 1.43. The van der Waals surface area contributed by atoms with E-state index >= 15 is 0 Å². The van der Waals surface area contributed by atoms with Crippen LogP contribution in [0.5, 0.6) is 0 Å². The quantitative estimate of drug-likeness (QED) is 0.0199. The van der Waals surface area contributed by atoms with Crippen molar-refractivity contribution in [2.45, 2.75) is 343 Å². The van der Waals surface area contributed by atoms with Gasteiger partial charge >= 0.3 is 0 Å². The maximum Gasteiger partial charge on any atom is 0.220 e. The average molecular weight is 1280 g/mol. The predicted molar refractivity (Wildman–Crippen MR) is 351 cm³/mol. The fourth-order valence-corrected chi connectivity index (χ4v) is 11.5. The van der Waals surface area contributed by atoms with E-state index in [0.29, 0.717) is 12.8 Å². The normalized spacial score (nSPS) is 28.5. The molecule has 17 atom stereocenters. The molecule has 0 aliphatic carbocycles. The van der Waals surface area contributed by atoms with Crippen LogP contribution in [-0.4, -0.2) is 193 Å². The van der Waals surface area contributed by atoms with Crippen molar-refractivity contribution in [1.82, 2.24) is 5.32 Å². The average Bonchev–Trinajstić information content (AvgIpc) is 0.866. The Morgan fingerprint density at radius 1 is 0.411 bits per heavy atom. The number of aliphatic hydroxyl groups excluding tert-OH is 11. The second kappa shape index (κ2) is 52.5. The highest BCUT2D eigenvalue weighted by Gasteiger charge is 2.53. The third-order valence-electron chi connectivity index (χ3n) is 17.2. The van der Waals surface area contributed by atoms with Gasteiger partial charge in [0.1, 0.15) is 73.2 Å². The first-order valence-electron chi connectivity index (χ1n) is 35.2. The van der Waals surface area contributed by atoms with Crippen LogP contribution in [0.15, 0.2) is 72.9 Å². The van der Waals surface area contributed by atoms with Gasteiger partial charge in [0.15, 0.2) is 18.9 Å². The van der Waals surface area contributed by atoms with Crippen LogP contribution in [0, 0.1) is 0 Å². The maximum absolute atomic E-state index is 13.4. The lowest BCUT2D eigenvalue weighted by Gasteiger charge is -2.48. The van der Waals surface area contributed by atoms with E-state index in [2.05, 4.69) is 79.9 Å². The van der Waals surface area contributed by atoms with Crippen LogP contribution < -0.4 is 5.32 Å². The van der Waals surface area contributed by atoms with Gasteiger partial charge in [0.05, 0.1) is 38.6 Å². The van der Waals surface area contributed by atoms with Crippen molar-refractivity contribution in [1.29, 1.82) is 0 Å². The molecular formula is C71H125NO18. The largest absolute Gasteiger partial charge is 0.394 e. The Labute approximate surface area is 540 Å². The van der Waals surface area contributed by atoms with Crippen molar-refractivity contribution < 1.29 is 89.4 Å². The van der Waals surface area contributed by atoms with E-state index in [1.807, 2.05) is 6.08 Å². The van der Waals surface area contributed by atoms with Gasteiger partial charge in [-0.15, -0.1) is 0 Å². The molecule has 12 N–H and O–H groups in total. The molecule has 0 aromatic rings. The third-order valence-corrected chi connectivity index (χ3v) is 17.2. The molecule has 90 heavy (non-hydrogen) atoms. The second-order valence-electron chi connectivity index (χ2n) is 24.9. The minimum absolute atomic E-state index is 0.209. The van der Waals surface area contributed by atoms with Crippen LogP contribution in [0.3, 0.4) is 0 Å². The summed E-state index contributed by atoms with van der Waals surface area (Å²) in [5.41, 5.74) is 0. The minimum atomic E-state index is -1.99. The number of carbonyl (C=O) groups is 1. The number of aliphatic hydroxyl groups is 11. The number of nitrogens with one attached hydrogen (secondary N) is 1. The Morgan fingerprint density at radius 3 is 1.24 bits per heavy atom. The Morgan fingerprint density at radius 2 is 0.778 bits per heavy atom. The molecular weight excluding hydrogens is 1150 g/mol. The number of rotatable bonds is 53. The molecule has 17 unspecified atom stereocenters. The van der Waals surface area contributed by atoms with E-state index in [1.54, 1.807) is 6.08 Å². The molecule has 0 aromatic carbocycles. The molecule has 3 saturated heterocycles. The van der Waals surface area contributed by atoms with E-state index in [0.717, 1.165) is 77.0 Å². The summed E-state index contributed by atoms with van der Waals surface area (Å²) in [6.45, 7) is 1.58. The predicted octanol–water partition coefficient (Wildman–Crippen LogP) is 9.33. The lowest BCUT2D eigenvalue weighted by Crippen LogP contribution is -2.66. The lowest BCUT2D eigenvalue weighted by atomic mass is 9.96. The van der Waals surface area contributed by atoms with E-state index in [4.69, 9.17) is 28.4 Å². The van der Waals surface area contributed by atoms with Gasteiger partial charge in [-0.05, 0) is 77.0 Å². The van der Waals surface area contributed by atoms with Crippen molar-refractivity contribution in [3.63, 3.8) is 0 Å². The molecule has 3 fully saturated rings. The van der Waals surface area contributed by atoms with Crippen LogP contribution in [0.2, 0.25) is 0 Å². The molecule has 0 spiro atoms. The molecule has 3 rings (SSSR count). The number of hydrogen-bond acceptors (Lipinski definition) is 18. The summed E-state index contributed by atoms with van der Waals surface area (Å²) < 4.78 is 34.3. The molecule has 0 saturated carbocycles. The molecule has 522 valence electrons. The first kappa shape index (κ1) is 81.5. The van der Waals surface area contributed by atoms with Crippen LogP contribution in [0.1, 0.15) is 239 Å². The van der Waals surface area contributed by atoms with Gasteiger partial charge in [-0.25, -0.2) is 0 Å². The maximum atomic E-state index is 13.4. The van der Waals surface area contributed by atoms with E-state index < -0.39 is 124 Å². The Bertz CT molecular complexity index is 1920. The van der Waals surface area contributed by atoms with Gasteiger partial charge in [-0.1, -0.05) is 228 Å². The van der Waals surface area contributed by atoms with Gasteiger partial charge in [0.2, 0.25) is 5.91 Å². The summed E-state index contributed by atoms with van der Waals surface area (Å²) in [7, 11) is 0. The van der Waals surface area contributed by atoms with E-state index in [-0.39, 0.29) is 18.9 Å². The zero-order valence-electron chi connectivity index (χ0n) is 55.1. The van der Waals surface area contributed by atoms with Gasteiger partial charge in [-0.2, -0.15) is 0 Å². The summed E-state index contributed by atoms with van der Waals surface area (Å²) >= 11 is 0. The first-order valence-corrected chi connectivity index (χ1v) is 35.2. The topological polar surface area (TPSA) is 307 Å². The van der Waals surface area contributed by atoms with Crippen molar-refractivity contribution in [2.24, 2.45) is 0 Å². The van der Waals surface area contributed by atoms with E-state index in [9.17, 15) is 61.0 Å². The van der Waals surface area contributed by atoms with E-state index in [1.165, 1.54) is 128 Å². The Kier molecular flexibility index (Phi) is 47.5. The van der Waals surface area contributed by atoms with Crippen LogP contribution in [0.25, 0.3) is 0 Å². The summed E-state index contributed by atoms with van der Waals surface area (Å²) in [4.78, 5) is 13.4. The molecule has 19 heteroatoms. The van der Waals surface area contributed by atoms with Crippen molar-refractivity contribution in [3.05, 3.63) is 72.9 Å². The van der Waals surface area contributed by atoms with Crippen molar-refractivity contribution >= 4 is 5.91 Å². The zero-order valence-corrected chi connectivity index (χ0v) is 55.1. The van der Waals surface area contributed by atoms with Crippen LogP contribution >= 0.6 is 0 Å². The molecule has 3 aliphatic heterocycles. The SMILES string of the molecule is CC/C=C\C/C=C\C/C=C\CCCCCCCC(=O)NC(COC1OC(CO)C(OC2OC(CO)C(OC3OC(CO)C(O)C(O)C3O)C(O)C2O)C(O)C1O)C(O)/C=C/CC/C=C/CC/C=C/CCCCCCCCCCCCCCCCCCCCCC. The fourth-order valence-electron chi connectivity index (χ4n) is 11.5. The van der Waals surface area contributed by atoms with Gasteiger partial charge < -0.3 is 89.9 Å². The molecule has 1 amide bonds. The molecule has 0 bridgehead atoms.